The summed E-state index contributed by atoms with van der Waals surface area (Å²) in [5.41, 5.74) is 1.11. The van der Waals surface area contributed by atoms with Crippen LogP contribution in [-0.4, -0.2) is 33.0 Å². The number of anilines is 1. The fourth-order valence-corrected chi connectivity index (χ4v) is 3.38. The first kappa shape index (κ1) is 12.0. The van der Waals surface area contributed by atoms with Crippen LogP contribution in [0.2, 0.25) is 0 Å². The smallest absolute Gasteiger partial charge is 0.154 e. The van der Waals surface area contributed by atoms with Crippen molar-refractivity contribution in [2.24, 2.45) is 5.92 Å². The van der Waals surface area contributed by atoms with Gasteiger partial charge in [-0.2, -0.15) is 5.10 Å². The molecule has 0 aromatic carbocycles. The lowest BCUT2D eigenvalue weighted by atomic mass is 9.95. The molecule has 96 valence electrons. The minimum absolute atomic E-state index is 0.781. The lowest BCUT2D eigenvalue weighted by molar-refractivity contribution is 0.406. The summed E-state index contributed by atoms with van der Waals surface area (Å²) in [4.78, 5) is 6.96. The number of hydrogen-bond acceptors (Lipinski definition) is 3. The van der Waals surface area contributed by atoms with Crippen LogP contribution < -0.4 is 4.90 Å². The molecule has 3 heterocycles. The minimum atomic E-state index is 0.781. The van der Waals surface area contributed by atoms with E-state index in [0.717, 1.165) is 35.7 Å². The van der Waals surface area contributed by atoms with Crippen LogP contribution in [-0.2, 0) is 0 Å². The third kappa shape index (κ3) is 2.23. The summed E-state index contributed by atoms with van der Waals surface area (Å²) >= 11 is 3.55. The lowest BCUT2D eigenvalue weighted by Crippen LogP contribution is -2.36. The fraction of sp³-hybridized carbons (Fsp3) is 0.538. The Morgan fingerprint density at radius 3 is 3.22 bits per heavy atom. The van der Waals surface area contributed by atoms with E-state index in [1.165, 1.54) is 19.3 Å². The highest BCUT2D eigenvalue weighted by atomic mass is 79.9. The number of alkyl halides is 1. The van der Waals surface area contributed by atoms with E-state index in [1.54, 1.807) is 0 Å². The van der Waals surface area contributed by atoms with Crippen LogP contribution >= 0.6 is 15.9 Å². The third-order valence-corrected chi connectivity index (χ3v) is 4.10. The normalized spacial score (nSPS) is 20.5. The van der Waals surface area contributed by atoms with Gasteiger partial charge in [-0.05, 0) is 31.2 Å². The number of piperidine rings is 1. The van der Waals surface area contributed by atoms with Crippen molar-refractivity contribution in [1.29, 1.82) is 0 Å². The molecule has 1 fully saturated rings. The molecule has 4 nitrogen and oxygen atoms in total. The molecule has 1 saturated heterocycles. The summed E-state index contributed by atoms with van der Waals surface area (Å²) in [5, 5.41) is 5.37. The van der Waals surface area contributed by atoms with Gasteiger partial charge >= 0.3 is 0 Å². The number of halogens is 1. The first-order valence-electron chi connectivity index (χ1n) is 6.48. The third-order valence-electron chi connectivity index (χ3n) is 3.64. The average Bonchev–Trinajstić information content (AvgIpc) is 2.87. The van der Waals surface area contributed by atoms with E-state index in [2.05, 4.69) is 30.9 Å². The van der Waals surface area contributed by atoms with Gasteiger partial charge in [-0.15, -0.1) is 0 Å². The maximum Gasteiger partial charge on any atom is 0.154 e. The summed E-state index contributed by atoms with van der Waals surface area (Å²) in [7, 11) is 0. The predicted molar refractivity (Wildman–Crippen MR) is 76.3 cm³/mol. The molecule has 18 heavy (non-hydrogen) atoms. The van der Waals surface area contributed by atoms with Gasteiger partial charge in [0.05, 0.1) is 6.20 Å². The second-order valence-corrected chi connectivity index (χ2v) is 5.64. The molecule has 0 radical (unpaired) electrons. The quantitative estimate of drug-likeness (QED) is 0.818. The molecule has 0 bridgehead atoms. The van der Waals surface area contributed by atoms with E-state index in [1.807, 2.05) is 29.2 Å². The zero-order chi connectivity index (χ0) is 12.4. The SMILES string of the molecule is BrCCC1CCCN(c2nccn3nccc23)C1. The van der Waals surface area contributed by atoms with Crippen LogP contribution in [0.15, 0.2) is 24.7 Å². The van der Waals surface area contributed by atoms with E-state index >= 15 is 0 Å². The van der Waals surface area contributed by atoms with Crippen LogP contribution in [0, 0.1) is 5.92 Å². The molecule has 2 aromatic rings. The second kappa shape index (κ2) is 5.26. The van der Waals surface area contributed by atoms with Crippen molar-refractivity contribution in [3.05, 3.63) is 24.7 Å². The molecular formula is C13H17BrN4. The molecule has 0 amide bonds. The Hall–Kier alpha value is -1.10. The predicted octanol–water partition coefficient (Wildman–Crippen LogP) is 2.73. The van der Waals surface area contributed by atoms with Gasteiger partial charge < -0.3 is 4.90 Å². The summed E-state index contributed by atoms with van der Waals surface area (Å²) in [6.07, 6.45) is 9.42. The highest BCUT2D eigenvalue weighted by Crippen LogP contribution is 2.26. The van der Waals surface area contributed by atoms with Crippen LogP contribution in [0.5, 0.6) is 0 Å². The molecule has 1 aliphatic heterocycles. The zero-order valence-electron chi connectivity index (χ0n) is 10.3. The Kier molecular flexibility index (Phi) is 3.50. The minimum Gasteiger partial charge on any atom is -0.355 e. The van der Waals surface area contributed by atoms with Crippen molar-refractivity contribution < 1.29 is 0 Å². The summed E-state index contributed by atoms with van der Waals surface area (Å²) in [6.45, 7) is 2.22. The summed E-state index contributed by atoms with van der Waals surface area (Å²) in [6, 6.07) is 2.04. The number of hydrogen-bond donors (Lipinski definition) is 0. The highest BCUT2D eigenvalue weighted by molar-refractivity contribution is 9.09. The molecule has 1 atom stereocenters. The van der Waals surface area contributed by atoms with Crippen LogP contribution in [0.1, 0.15) is 19.3 Å². The molecule has 0 spiro atoms. The molecule has 1 unspecified atom stereocenters. The van der Waals surface area contributed by atoms with Crippen LogP contribution in [0.25, 0.3) is 5.52 Å². The van der Waals surface area contributed by atoms with Gasteiger partial charge in [-0.25, -0.2) is 9.50 Å². The Bertz CT molecular complexity index is 522. The topological polar surface area (TPSA) is 33.4 Å². The van der Waals surface area contributed by atoms with Crippen molar-refractivity contribution in [2.75, 3.05) is 23.3 Å². The fourth-order valence-electron chi connectivity index (χ4n) is 2.73. The number of rotatable bonds is 3. The number of aromatic nitrogens is 3. The van der Waals surface area contributed by atoms with E-state index in [-0.39, 0.29) is 0 Å². The zero-order valence-corrected chi connectivity index (χ0v) is 11.9. The van der Waals surface area contributed by atoms with Gasteiger partial charge in [0.25, 0.3) is 0 Å². The first-order valence-corrected chi connectivity index (χ1v) is 7.60. The molecule has 1 aliphatic rings. The van der Waals surface area contributed by atoms with E-state index in [0.29, 0.717) is 0 Å². The van der Waals surface area contributed by atoms with Crippen molar-refractivity contribution in [1.82, 2.24) is 14.6 Å². The molecule has 3 rings (SSSR count). The van der Waals surface area contributed by atoms with Gasteiger partial charge in [0.15, 0.2) is 5.82 Å². The molecule has 0 saturated carbocycles. The number of nitrogens with zero attached hydrogens (tertiary/aromatic N) is 4. The average molecular weight is 309 g/mol. The summed E-state index contributed by atoms with van der Waals surface area (Å²) < 4.78 is 1.90. The van der Waals surface area contributed by atoms with Crippen molar-refractivity contribution in [3.8, 4) is 0 Å². The van der Waals surface area contributed by atoms with Gasteiger partial charge in [-0.1, -0.05) is 15.9 Å². The maximum absolute atomic E-state index is 4.55. The van der Waals surface area contributed by atoms with Gasteiger partial charge in [0.1, 0.15) is 5.52 Å². The van der Waals surface area contributed by atoms with Gasteiger partial charge in [-0.3, -0.25) is 0 Å². The van der Waals surface area contributed by atoms with E-state index in [9.17, 15) is 0 Å². The lowest BCUT2D eigenvalue weighted by Gasteiger charge is -2.33. The second-order valence-electron chi connectivity index (χ2n) is 4.84. The van der Waals surface area contributed by atoms with Crippen LogP contribution in [0.4, 0.5) is 5.82 Å². The first-order chi connectivity index (χ1) is 8.88. The van der Waals surface area contributed by atoms with Crippen molar-refractivity contribution >= 4 is 27.3 Å². The Morgan fingerprint density at radius 2 is 2.33 bits per heavy atom. The van der Waals surface area contributed by atoms with Gasteiger partial charge in [0.2, 0.25) is 0 Å². The summed E-state index contributed by atoms with van der Waals surface area (Å²) in [5.74, 6) is 1.86. The van der Waals surface area contributed by atoms with Crippen LogP contribution in [0.3, 0.4) is 0 Å². The molecule has 0 aliphatic carbocycles. The standard InChI is InChI=1S/C13H17BrN4/c14-5-3-11-2-1-8-17(10-11)13-12-4-6-16-18(12)9-7-15-13/h4,6-7,9,11H,1-3,5,8,10H2. The van der Waals surface area contributed by atoms with E-state index in [4.69, 9.17) is 0 Å². The number of fused-ring (bicyclic) bond motifs is 1. The monoisotopic (exact) mass is 308 g/mol. The Balaban J connectivity index is 1.87. The molecule has 2 aromatic heterocycles. The maximum atomic E-state index is 4.55. The Labute approximate surface area is 115 Å². The van der Waals surface area contributed by atoms with Crippen molar-refractivity contribution in [2.45, 2.75) is 19.3 Å². The van der Waals surface area contributed by atoms with E-state index < -0.39 is 0 Å². The largest absolute Gasteiger partial charge is 0.355 e. The molecular weight excluding hydrogens is 292 g/mol. The van der Waals surface area contributed by atoms with Gasteiger partial charge in [0, 0.05) is 30.8 Å². The molecule has 5 heteroatoms. The highest BCUT2D eigenvalue weighted by Gasteiger charge is 2.21. The molecule has 0 N–H and O–H groups in total. The Morgan fingerprint density at radius 1 is 1.39 bits per heavy atom. The van der Waals surface area contributed by atoms with Crippen molar-refractivity contribution in [3.63, 3.8) is 0 Å².